The van der Waals surface area contributed by atoms with Crippen LogP contribution in [0.3, 0.4) is 0 Å². The van der Waals surface area contributed by atoms with E-state index >= 15 is 0 Å². The third kappa shape index (κ3) is 12.5. The van der Waals surface area contributed by atoms with E-state index in [2.05, 4.69) is 50.8 Å². The van der Waals surface area contributed by atoms with Gasteiger partial charge in [0.05, 0.1) is 18.4 Å². The summed E-state index contributed by atoms with van der Waals surface area (Å²) in [4.78, 5) is 27.2. The average Bonchev–Trinajstić information content (AvgIpc) is 2.86. The molecule has 2 aromatic rings. The molecule has 0 aliphatic rings. The van der Waals surface area contributed by atoms with Gasteiger partial charge in [0.25, 0.3) is 0 Å². The quantitative estimate of drug-likeness (QED) is 0.156. The number of hydrogen-bond donors (Lipinski definition) is 0. The van der Waals surface area contributed by atoms with Gasteiger partial charge in [-0.15, -0.1) is 0 Å². The zero-order valence-corrected chi connectivity index (χ0v) is 27.7. The molecule has 0 aromatic heterocycles. The van der Waals surface area contributed by atoms with Gasteiger partial charge in [0.15, 0.2) is 0 Å². The number of hydrogen-bond acceptors (Lipinski definition) is 5. The van der Waals surface area contributed by atoms with Crippen molar-refractivity contribution in [3.8, 4) is 11.1 Å². The first kappa shape index (κ1) is 34.0. The minimum atomic E-state index is -1.33. The summed E-state index contributed by atoms with van der Waals surface area (Å²) >= 11 is 0. The number of carbonyl (C=O) groups is 2. The van der Waals surface area contributed by atoms with Crippen LogP contribution in [-0.4, -0.2) is 42.7 Å². The van der Waals surface area contributed by atoms with Crippen LogP contribution in [0.5, 0.6) is 0 Å². The molecule has 2 aromatic carbocycles. The van der Waals surface area contributed by atoms with Gasteiger partial charge >= 0.3 is 11.9 Å². The molecule has 1 unspecified atom stereocenters. The van der Waals surface area contributed by atoms with Crippen LogP contribution in [0, 0.1) is 11.8 Å². The fourth-order valence-electron chi connectivity index (χ4n) is 4.46. The van der Waals surface area contributed by atoms with Crippen molar-refractivity contribution in [3.63, 3.8) is 0 Å². The van der Waals surface area contributed by atoms with Gasteiger partial charge in [0.2, 0.25) is 0 Å². The van der Waals surface area contributed by atoms with Crippen molar-refractivity contribution in [1.82, 2.24) is 0 Å². The molecule has 222 valence electrons. The number of unbranched alkanes of at least 4 members (excludes halogenated alkanes) is 1. The first-order valence-electron chi connectivity index (χ1n) is 14.6. The van der Waals surface area contributed by atoms with Crippen LogP contribution in [0.15, 0.2) is 53.4 Å². The van der Waals surface area contributed by atoms with E-state index in [0.717, 1.165) is 46.9 Å². The monoisotopic (exact) mass is 586 g/mol. The number of esters is 2. The van der Waals surface area contributed by atoms with E-state index in [0.29, 0.717) is 25.9 Å². The Morgan fingerprint density at radius 1 is 0.875 bits per heavy atom. The van der Waals surface area contributed by atoms with Gasteiger partial charge in [-0.05, 0) is 81.3 Å². The van der Waals surface area contributed by atoms with Crippen molar-refractivity contribution < 1.29 is 23.3 Å². The summed E-state index contributed by atoms with van der Waals surface area (Å²) < 4.78 is 23.2. The molecule has 0 bridgehead atoms. The molecule has 0 heterocycles. The Labute approximate surface area is 245 Å². The van der Waals surface area contributed by atoms with Gasteiger partial charge in [-0.1, -0.05) is 75.8 Å². The molecule has 5 nitrogen and oxygen atoms in total. The molecule has 0 aliphatic carbocycles. The summed E-state index contributed by atoms with van der Waals surface area (Å²) in [5.74, 6) is -1.11. The lowest BCUT2D eigenvalue weighted by Gasteiger charge is -2.26. The number of carbonyl (C=O) groups excluding carboxylic acids is 2. The van der Waals surface area contributed by atoms with Crippen molar-refractivity contribution >= 4 is 30.8 Å². The molecule has 0 fully saturated rings. The molecule has 0 spiro atoms. The highest BCUT2D eigenvalue weighted by atomic mass is 32.2. The van der Waals surface area contributed by atoms with Crippen LogP contribution in [0.4, 0.5) is 0 Å². The van der Waals surface area contributed by atoms with Gasteiger partial charge in [0, 0.05) is 30.0 Å². The number of benzene rings is 2. The number of rotatable bonds is 15. The van der Waals surface area contributed by atoms with Gasteiger partial charge in [0.1, 0.15) is 5.60 Å². The average molecular weight is 587 g/mol. The zero-order chi connectivity index (χ0) is 29.9. The van der Waals surface area contributed by atoms with Crippen molar-refractivity contribution in [2.24, 2.45) is 11.8 Å². The summed E-state index contributed by atoms with van der Waals surface area (Å²) in [5, 5.41) is 0. The van der Waals surface area contributed by atoms with Gasteiger partial charge in [-0.25, -0.2) is 0 Å². The van der Waals surface area contributed by atoms with Gasteiger partial charge < -0.3 is 9.47 Å². The summed E-state index contributed by atoms with van der Waals surface area (Å²) in [6.07, 6.45) is 6.07. The molecule has 0 amide bonds. The molecule has 7 heteroatoms. The Kier molecular flexibility index (Phi) is 13.3. The molecule has 0 radical (unpaired) electrons. The lowest BCUT2D eigenvalue weighted by molar-refractivity contribution is -0.162. The third-order valence-electron chi connectivity index (χ3n) is 6.90. The maximum atomic E-state index is 13.3. The van der Waals surface area contributed by atoms with E-state index < -0.39 is 24.5 Å². The SMILES string of the molecule is CCCC[C@@H](C[C@@H](CCc1ccc(-c2ccc(S(C)=O)cc2)cc1)C(=O)OCC[Si](C)(C)C)C(=O)OC(C)(C)C. The van der Waals surface area contributed by atoms with Crippen LogP contribution in [0.25, 0.3) is 11.1 Å². The maximum Gasteiger partial charge on any atom is 0.309 e. The predicted octanol–water partition coefficient (Wildman–Crippen LogP) is 8.06. The van der Waals surface area contributed by atoms with Crippen LogP contribution in [0.2, 0.25) is 25.7 Å². The zero-order valence-electron chi connectivity index (χ0n) is 25.9. The largest absolute Gasteiger partial charge is 0.466 e. The van der Waals surface area contributed by atoms with E-state index in [9.17, 15) is 13.8 Å². The smallest absolute Gasteiger partial charge is 0.309 e. The van der Waals surface area contributed by atoms with Crippen LogP contribution < -0.4 is 0 Å². The van der Waals surface area contributed by atoms with Crippen LogP contribution in [-0.2, 0) is 36.3 Å². The van der Waals surface area contributed by atoms with Crippen molar-refractivity contribution in [3.05, 3.63) is 54.1 Å². The second-order valence-electron chi connectivity index (χ2n) is 13.0. The summed E-state index contributed by atoms with van der Waals surface area (Å²) in [5.41, 5.74) is 2.73. The molecular formula is C33H50O5SSi. The number of ether oxygens (including phenoxy) is 2. The van der Waals surface area contributed by atoms with Crippen molar-refractivity contribution in [1.29, 1.82) is 0 Å². The van der Waals surface area contributed by atoms with E-state index in [-0.39, 0.29) is 23.8 Å². The fourth-order valence-corrected chi connectivity index (χ4v) is 5.70. The highest BCUT2D eigenvalue weighted by molar-refractivity contribution is 7.84. The molecule has 0 aliphatic heterocycles. The Hall–Kier alpha value is -2.25. The normalized spacial score (nSPS) is 14.3. The highest BCUT2D eigenvalue weighted by Crippen LogP contribution is 2.28. The minimum Gasteiger partial charge on any atom is -0.466 e. The summed E-state index contributed by atoms with van der Waals surface area (Å²) in [6.45, 7) is 15.0. The molecule has 3 atom stereocenters. The molecule has 0 saturated heterocycles. The standard InChI is InChI=1S/C33H50O5SSi/c1-9-10-11-28(32(35)38-33(2,3)4)24-29(31(34)37-22-23-40(6,7)8)17-14-25-12-15-26(16-13-25)27-18-20-30(21-19-27)39(5)36/h12-13,15-16,18-21,28-29H,9-11,14,17,22-24H2,1-8H3/t28-,29+,39?/m0/s1. The molecule has 0 saturated carbocycles. The van der Waals surface area contributed by atoms with E-state index in [1.807, 2.05) is 45.0 Å². The second kappa shape index (κ2) is 15.7. The third-order valence-corrected chi connectivity index (χ3v) is 9.54. The van der Waals surface area contributed by atoms with Crippen LogP contribution >= 0.6 is 0 Å². The molecule has 2 rings (SSSR count). The topological polar surface area (TPSA) is 69.7 Å². The molecule has 0 N–H and O–H groups in total. The fraction of sp³-hybridized carbons (Fsp3) is 0.576. The lowest BCUT2D eigenvalue weighted by atomic mass is 9.86. The van der Waals surface area contributed by atoms with E-state index in [1.54, 1.807) is 6.26 Å². The van der Waals surface area contributed by atoms with Crippen molar-refractivity contribution in [2.75, 3.05) is 12.9 Å². The predicted molar refractivity (Wildman–Crippen MR) is 169 cm³/mol. The van der Waals surface area contributed by atoms with E-state index in [4.69, 9.17) is 9.47 Å². The van der Waals surface area contributed by atoms with E-state index in [1.165, 1.54) is 0 Å². The van der Waals surface area contributed by atoms with Gasteiger partial charge in [-0.3, -0.25) is 13.8 Å². The van der Waals surface area contributed by atoms with Gasteiger partial charge in [-0.2, -0.15) is 0 Å². The Morgan fingerprint density at radius 2 is 1.43 bits per heavy atom. The summed E-state index contributed by atoms with van der Waals surface area (Å²) in [7, 11) is -2.33. The Morgan fingerprint density at radius 3 is 1.93 bits per heavy atom. The Bertz CT molecular complexity index is 1100. The minimum absolute atomic E-state index is 0.201. The maximum absolute atomic E-state index is 13.3. The van der Waals surface area contributed by atoms with Crippen molar-refractivity contribution in [2.45, 2.75) is 102 Å². The van der Waals surface area contributed by atoms with Crippen LogP contribution in [0.1, 0.15) is 65.4 Å². The second-order valence-corrected chi connectivity index (χ2v) is 20.0. The Balaban J connectivity index is 2.16. The highest BCUT2D eigenvalue weighted by Gasteiger charge is 2.31. The number of aryl methyl sites for hydroxylation is 1. The first-order chi connectivity index (χ1) is 18.7. The molecule has 40 heavy (non-hydrogen) atoms. The first-order valence-corrected chi connectivity index (χ1v) is 19.9. The summed E-state index contributed by atoms with van der Waals surface area (Å²) in [6, 6.07) is 17.1. The lowest BCUT2D eigenvalue weighted by Crippen LogP contribution is -2.32. The molecular weight excluding hydrogens is 537 g/mol.